The molecule has 1 heterocycles. The van der Waals surface area contributed by atoms with Crippen molar-refractivity contribution in [2.24, 2.45) is 11.8 Å². The molecule has 2 atom stereocenters. The molecular weight excluding hydrogens is 336 g/mol. The minimum Gasteiger partial charge on any atom is -0.489 e. The Morgan fingerprint density at radius 2 is 2.08 bits per heavy atom. The Morgan fingerprint density at radius 1 is 1.36 bits per heavy atom. The lowest BCUT2D eigenvalue weighted by molar-refractivity contribution is -0.122. The van der Waals surface area contributed by atoms with Crippen LogP contribution in [-0.2, 0) is 4.79 Å². The second-order valence-corrected chi connectivity index (χ2v) is 7.04. The van der Waals surface area contributed by atoms with Gasteiger partial charge in [-0.15, -0.1) is 12.4 Å². The fourth-order valence-electron chi connectivity index (χ4n) is 3.32. The Balaban J connectivity index is 0.00000312. The summed E-state index contributed by atoms with van der Waals surface area (Å²) in [7, 11) is 0. The predicted octanol–water partition coefficient (Wildman–Crippen LogP) is 3.72. The molecule has 2 unspecified atom stereocenters. The van der Waals surface area contributed by atoms with Crippen molar-refractivity contribution in [1.29, 1.82) is 0 Å². The first-order valence-corrected chi connectivity index (χ1v) is 9.29. The highest BCUT2D eigenvalue weighted by molar-refractivity contribution is 5.85. The van der Waals surface area contributed by atoms with E-state index in [2.05, 4.69) is 37.5 Å². The normalized spacial score (nSPS) is 17.2. The molecule has 1 amide bonds. The zero-order valence-corrected chi connectivity index (χ0v) is 16.5. The predicted molar refractivity (Wildman–Crippen MR) is 106 cm³/mol. The van der Waals surface area contributed by atoms with Gasteiger partial charge in [-0.05, 0) is 68.8 Å². The van der Waals surface area contributed by atoms with Crippen LogP contribution in [0.15, 0.2) is 24.3 Å². The zero-order valence-electron chi connectivity index (χ0n) is 15.7. The molecule has 1 saturated heterocycles. The van der Waals surface area contributed by atoms with Crippen molar-refractivity contribution >= 4 is 18.3 Å². The Morgan fingerprint density at radius 3 is 2.72 bits per heavy atom. The summed E-state index contributed by atoms with van der Waals surface area (Å²) in [4.78, 5) is 12.2. The van der Waals surface area contributed by atoms with E-state index >= 15 is 0 Å². The van der Waals surface area contributed by atoms with Gasteiger partial charge in [-0.25, -0.2) is 0 Å². The number of hydrogen-bond donors (Lipinski definition) is 2. The molecule has 1 aliphatic rings. The topological polar surface area (TPSA) is 50.4 Å². The minimum absolute atomic E-state index is 0. The Kier molecular flexibility index (Phi) is 9.91. The molecule has 1 fully saturated rings. The van der Waals surface area contributed by atoms with Crippen LogP contribution in [0.1, 0.15) is 45.1 Å². The van der Waals surface area contributed by atoms with Crippen LogP contribution < -0.4 is 15.4 Å². The number of amides is 1. The average molecular weight is 369 g/mol. The van der Waals surface area contributed by atoms with E-state index in [9.17, 15) is 4.79 Å². The van der Waals surface area contributed by atoms with E-state index in [1.54, 1.807) is 0 Å². The summed E-state index contributed by atoms with van der Waals surface area (Å²) >= 11 is 0. The minimum atomic E-state index is 0. The number of aryl methyl sites for hydroxylation is 1. The Hall–Kier alpha value is -1.26. The molecule has 2 rings (SSSR count). The molecule has 1 aromatic rings. The molecule has 142 valence electrons. The summed E-state index contributed by atoms with van der Waals surface area (Å²) in [6, 6.07) is 8.05. The molecule has 0 radical (unpaired) electrons. The maximum absolute atomic E-state index is 12.2. The maximum Gasteiger partial charge on any atom is 0.220 e. The molecule has 0 aliphatic carbocycles. The van der Waals surface area contributed by atoms with E-state index in [-0.39, 0.29) is 24.4 Å². The molecule has 1 aromatic carbocycles. The van der Waals surface area contributed by atoms with Crippen LogP contribution >= 0.6 is 12.4 Å². The molecule has 5 heteroatoms. The SMILES string of the molecule is CCC(CNC(=O)CC(C)C1CCNCC1)Oc1cccc(C)c1.Cl. The fourth-order valence-corrected chi connectivity index (χ4v) is 3.32. The molecular formula is C20H33ClN2O2. The van der Waals surface area contributed by atoms with E-state index in [1.165, 1.54) is 18.4 Å². The number of piperidine rings is 1. The summed E-state index contributed by atoms with van der Waals surface area (Å²) in [5.41, 5.74) is 1.18. The van der Waals surface area contributed by atoms with Crippen molar-refractivity contribution in [1.82, 2.24) is 10.6 Å². The van der Waals surface area contributed by atoms with Gasteiger partial charge < -0.3 is 15.4 Å². The summed E-state index contributed by atoms with van der Waals surface area (Å²) < 4.78 is 5.99. The van der Waals surface area contributed by atoms with Gasteiger partial charge in [0.25, 0.3) is 0 Å². The number of rotatable bonds is 8. The average Bonchev–Trinajstić information content (AvgIpc) is 2.59. The van der Waals surface area contributed by atoms with E-state index < -0.39 is 0 Å². The maximum atomic E-state index is 12.2. The first-order valence-electron chi connectivity index (χ1n) is 9.29. The quantitative estimate of drug-likeness (QED) is 0.735. The monoisotopic (exact) mass is 368 g/mol. The lowest BCUT2D eigenvalue weighted by atomic mass is 9.84. The second kappa shape index (κ2) is 11.4. The zero-order chi connectivity index (χ0) is 17.4. The molecule has 0 bridgehead atoms. The smallest absolute Gasteiger partial charge is 0.220 e. The third-order valence-corrected chi connectivity index (χ3v) is 4.97. The van der Waals surface area contributed by atoms with Crippen molar-refractivity contribution in [2.45, 2.75) is 52.6 Å². The van der Waals surface area contributed by atoms with E-state index in [0.717, 1.165) is 25.3 Å². The van der Waals surface area contributed by atoms with Gasteiger partial charge in [-0.2, -0.15) is 0 Å². The first kappa shape index (κ1) is 21.8. The largest absolute Gasteiger partial charge is 0.489 e. The van der Waals surface area contributed by atoms with Crippen LogP contribution in [0.4, 0.5) is 0 Å². The van der Waals surface area contributed by atoms with Crippen molar-refractivity contribution in [3.63, 3.8) is 0 Å². The Labute approximate surface area is 158 Å². The van der Waals surface area contributed by atoms with Crippen LogP contribution in [0, 0.1) is 18.8 Å². The van der Waals surface area contributed by atoms with Crippen molar-refractivity contribution in [3.05, 3.63) is 29.8 Å². The number of benzene rings is 1. The summed E-state index contributed by atoms with van der Waals surface area (Å²) in [5, 5.41) is 6.44. The lowest BCUT2D eigenvalue weighted by Crippen LogP contribution is -2.37. The van der Waals surface area contributed by atoms with Crippen molar-refractivity contribution < 1.29 is 9.53 Å². The summed E-state index contributed by atoms with van der Waals surface area (Å²) in [6.45, 7) is 9.08. The number of hydrogen-bond acceptors (Lipinski definition) is 3. The van der Waals surface area contributed by atoms with Crippen LogP contribution in [-0.4, -0.2) is 31.6 Å². The summed E-state index contributed by atoms with van der Waals surface area (Å²) in [6.07, 6.45) is 3.87. The highest BCUT2D eigenvalue weighted by Crippen LogP contribution is 2.24. The first-order chi connectivity index (χ1) is 11.6. The molecule has 0 spiro atoms. The molecule has 4 nitrogen and oxygen atoms in total. The number of nitrogens with one attached hydrogen (secondary N) is 2. The van der Waals surface area contributed by atoms with Gasteiger partial charge in [-0.1, -0.05) is 26.0 Å². The number of carbonyl (C=O) groups excluding carboxylic acids is 1. The highest BCUT2D eigenvalue weighted by Gasteiger charge is 2.22. The number of ether oxygens (including phenoxy) is 1. The van der Waals surface area contributed by atoms with Crippen molar-refractivity contribution in [3.8, 4) is 5.75 Å². The molecule has 0 saturated carbocycles. The lowest BCUT2D eigenvalue weighted by Gasteiger charge is -2.28. The van der Waals surface area contributed by atoms with E-state index in [4.69, 9.17) is 4.74 Å². The Bertz CT molecular complexity index is 518. The van der Waals surface area contributed by atoms with Gasteiger partial charge in [0.05, 0.1) is 6.54 Å². The van der Waals surface area contributed by atoms with Gasteiger partial charge in [0.15, 0.2) is 0 Å². The van der Waals surface area contributed by atoms with Gasteiger partial charge in [0.2, 0.25) is 5.91 Å². The third-order valence-electron chi connectivity index (χ3n) is 4.97. The number of halogens is 1. The molecule has 25 heavy (non-hydrogen) atoms. The van der Waals surface area contributed by atoms with Gasteiger partial charge in [0, 0.05) is 6.42 Å². The van der Waals surface area contributed by atoms with E-state index in [1.807, 2.05) is 18.2 Å². The van der Waals surface area contributed by atoms with Crippen LogP contribution in [0.3, 0.4) is 0 Å². The molecule has 2 N–H and O–H groups in total. The highest BCUT2D eigenvalue weighted by atomic mass is 35.5. The second-order valence-electron chi connectivity index (χ2n) is 7.04. The van der Waals surface area contributed by atoms with Gasteiger partial charge in [-0.3, -0.25) is 4.79 Å². The van der Waals surface area contributed by atoms with Crippen molar-refractivity contribution in [2.75, 3.05) is 19.6 Å². The summed E-state index contributed by atoms with van der Waals surface area (Å²) in [5.74, 6) is 2.14. The van der Waals surface area contributed by atoms with Crippen LogP contribution in [0.5, 0.6) is 5.75 Å². The molecule has 1 aliphatic heterocycles. The van der Waals surface area contributed by atoms with Gasteiger partial charge >= 0.3 is 0 Å². The standard InChI is InChI=1S/C20H32N2O2.ClH/c1-4-18(24-19-7-5-6-15(2)12-19)14-22-20(23)13-16(3)17-8-10-21-11-9-17;/h5-7,12,16-18,21H,4,8-11,13-14H2,1-3H3,(H,22,23);1H. The molecule has 0 aromatic heterocycles. The van der Waals surface area contributed by atoms with Gasteiger partial charge in [0.1, 0.15) is 11.9 Å². The van der Waals surface area contributed by atoms with E-state index in [0.29, 0.717) is 24.8 Å². The fraction of sp³-hybridized carbons (Fsp3) is 0.650. The van der Waals surface area contributed by atoms with Crippen LogP contribution in [0.25, 0.3) is 0 Å². The van der Waals surface area contributed by atoms with Crippen LogP contribution in [0.2, 0.25) is 0 Å². The number of carbonyl (C=O) groups is 1. The third kappa shape index (κ3) is 7.66.